The first-order valence-electron chi connectivity index (χ1n) is 9.93. The molecule has 0 fully saturated rings. The summed E-state index contributed by atoms with van der Waals surface area (Å²) in [4.78, 5) is 14.3. The van der Waals surface area contributed by atoms with E-state index in [4.69, 9.17) is 33.9 Å². The van der Waals surface area contributed by atoms with Gasteiger partial charge < -0.3 is 18.9 Å². The van der Waals surface area contributed by atoms with Crippen LogP contribution in [-0.4, -0.2) is 43.4 Å². The Balaban J connectivity index is 1.95. The van der Waals surface area contributed by atoms with Crippen molar-refractivity contribution in [3.05, 3.63) is 66.7 Å². The van der Waals surface area contributed by atoms with E-state index in [0.717, 1.165) is 16.7 Å². The highest BCUT2D eigenvalue weighted by Gasteiger charge is 2.18. The highest BCUT2D eigenvalue weighted by atomic mass is 16.5. The molecule has 0 atom stereocenters. The van der Waals surface area contributed by atoms with Gasteiger partial charge in [0.2, 0.25) is 0 Å². The van der Waals surface area contributed by atoms with Gasteiger partial charge in [0.05, 0.1) is 39.6 Å². The first kappa shape index (κ1) is 21.1. The van der Waals surface area contributed by atoms with Gasteiger partial charge in [0.15, 0.2) is 17.5 Å². The summed E-state index contributed by atoms with van der Waals surface area (Å²) in [5.41, 5.74) is 2.32. The molecule has 0 radical (unpaired) electrons. The summed E-state index contributed by atoms with van der Waals surface area (Å²) < 4.78 is 21.8. The lowest BCUT2D eigenvalue weighted by Gasteiger charge is -2.13. The minimum atomic E-state index is 0.478. The van der Waals surface area contributed by atoms with Crippen LogP contribution in [0.25, 0.3) is 34.2 Å². The molecule has 0 amide bonds. The largest absolute Gasteiger partial charge is 0.497 e. The quantitative estimate of drug-likeness (QED) is 0.413. The Hall–Kier alpha value is -4.13. The monoisotopic (exact) mass is 429 g/mol. The van der Waals surface area contributed by atoms with E-state index in [0.29, 0.717) is 40.5 Å². The summed E-state index contributed by atoms with van der Waals surface area (Å²) in [5, 5.41) is 0. The van der Waals surface area contributed by atoms with Crippen LogP contribution in [0.4, 0.5) is 0 Å². The van der Waals surface area contributed by atoms with Crippen LogP contribution in [0.15, 0.2) is 66.7 Å². The van der Waals surface area contributed by atoms with Crippen molar-refractivity contribution in [3.8, 4) is 57.2 Å². The standard InChI is InChI=1S/C25H23N3O4/c1-29-17-10-12-19(21(14-17)31-3)24-26-23(16-8-6-5-7-9-16)27-25(28-24)20-13-11-18(30-2)15-22(20)32-4/h5-15H,1-4H3. The van der Waals surface area contributed by atoms with Gasteiger partial charge in [-0.05, 0) is 24.3 Å². The predicted molar refractivity (Wildman–Crippen MR) is 122 cm³/mol. The maximum atomic E-state index is 5.59. The Bertz CT molecular complexity index is 1160. The lowest BCUT2D eigenvalue weighted by Crippen LogP contribution is -2.02. The van der Waals surface area contributed by atoms with Gasteiger partial charge >= 0.3 is 0 Å². The van der Waals surface area contributed by atoms with Crippen molar-refractivity contribution in [2.24, 2.45) is 0 Å². The van der Waals surface area contributed by atoms with E-state index in [9.17, 15) is 0 Å². The van der Waals surface area contributed by atoms with Gasteiger partial charge in [-0.2, -0.15) is 0 Å². The average Bonchev–Trinajstić information content (AvgIpc) is 2.88. The highest BCUT2D eigenvalue weighted by Crippen LogP contribution is 2.36. The maximum Gasteiger partial charge on any atom is 0.167 e. The van der Waals surface area contributed by atoms with Crippen LogP contribution >= 0.6 is 0 Å². The fourth-order valence-corrected chi connectivity index (χ4v) is 3.30. The maximum absolute atomic E-state index is 5.59. The molecule has 7 heteroatoms. The second-order valence-corrected chi connectivity index (χ2v) is 6.80. The molecule has 0 unspecified atom stereocenters. The Morgan fingerprint density at radius 2 is 0.969 bits per heavy atom. The summed E-state index contributed by atoms with van der Waals surface area (Å²) in [6.07, 6.45) is 0. The molecule has 1 heterocycles. The van der Waals surface area contributed by atoms with Crippen LogP contribution in [0.3, 0.4) is 0 Å². The minimum absolute atomic E-state index is 0.478. The SMILES string of the molecule is COc1ccc(-c2nc(-c3ccccc3)nc(-c3ccc(OC)cc3OC)n2)c(OC)c1. The van der Waals surface area contributed by atoms with Gasteiger partial charge in [0.1, 0.15) is 23.0 Å². The number of nitrogens with zero attached hydrogens (tertiary/aromatic N) is 3. The van der Waals surface area contributed by atoms with E-state index in [1.165, 1.54) is 0 Å². The molecule has 0 bridgehead atoms. The number of rotatable bonds is 7. The van der Waals surface area contributed by atoms with Crippen molar-refractivity contribution in [2.45, 2.75) is 0 Å². The highest BCUT2D eigenvalue weighted by molar-refractivity contribution is 5.73. The van der Waals surface area contributed by atoms with Crippen molar-refractivity contribution >= 4 is 0 Å². The van der Waals surface area contributed by atoms with Crippen molar-refractivity contribution in [2.75, 3.05) is 28.4 Å². The first-order chi connectivity index (χ1) is 15.7. The molecular weight excluding hydrogens is 406 g/mol. The van der Waals surface area contributed by atoms with Crippen molar-refractivity contribution in [1.29, 1.82) is 0 Å². The Kier molecular flexibility index (Phi) is 6.17. The fourth-order valence-electron chi connectivity index (χ4n) is 3.30. The van der Waals surface area contributed by atoms with Gasteiger partial charge in [-0.25, -0.2) is 15.0 Å². The smallest absolute Gasteiger partial charge is 0.167 e. The number of aromatic nitrogens is 3. The number of benzene rings is 3. The second kappa shape index (κ2) is 9.34. The topological polar surface area (TPSA) is 75.6 Å². The Morgan fingerprint density at radius 3 is 1.41 bits per heavy atom. The van der Waals surface area contributed by atoms with Gasteiger partial charge in [-0.1, -0.05) is 30.3 Å². The van der Waals surface area contributed by atoms with Crippen molar-refractivity contribution in [3.63, 3.8) is 0 Å². The predicted octanol–water partition coefficient (Wildman–Crippen LogP) is 4.91. The third-order valence-electron chi connectivity index (χ3n) is 4.97. The third-order valence-corrected chi connectivity index (χ3v) is 4.97. The molecule has 0 saturated carbocycles. The average molecular weight is 429 g/mol. The first-order valence-corrected chi connectivity index (χ1v) is 9.93. The molecule has 32 heavy (non-hydrogen) atoms. The van der Waals surface area contributed by atoms with Crippen LogP contribution in [0, 0.1) is 0 Å². The molecule has 4 aromatic rings. The summed E-state index contributed by atoms with van der Waals surface area (Å²) in [6.45, 7) is 0. The zero-order valence-corrected chi connectivity index (χ0v) is 18.3. The van der Waals surface area contributed by atoms with Crippen molar-refractivity contribution in [1.82, 2.24) is 15.0 Å². The van der Waals surface area contributed by atoms with E-state index in [1.54, 1.807) is 40.6 Å². The van der Waals surface area contributed by atoms with Gasteiger partial charge in [0.25, 0.3) is 0 Å². The second-order valence-electron chi connectivity index (χ2n) is 6.80. The zero-order chi connectivity index (χ0) is 22.5. The third kappa shape index (κ3) is 4.18. The van der Waals surface area contributed by atoms with Crippen LogP contribution in [0.5, 0.6) is 23.0 Å². The molecule has 4 rings (SSSR count). The normalized spacial score (nSPS) is 10.5. The molecule has 0 saturated heterocycles. The molecule has 7 nitrogen and oxygen atoms in total. The molecular formula is C25H23N3O4. The fraction of sp³-hybridized carbons (Fsp3) is 0.160. The molecule has 0 aliphatic rings. The number of ether oxygens (including phenoxy) is 4. The summed E-state index contributed by atoms with van der Waals surface area (Å²) in [5.74, 6) is 4.06. The van der Waals surface area contributed by atoms with E-state index >= 15 is 0 Å². The minimum Gasteiger partial charge on any atom is -0.497 e. The van der Waals surface area contributed by atoms with E-state index in [1.807, 2.05) is 54.6 Å². The molecule has 1 aromatic heterocycles. The lowest BCUT2D eigenvalue weighted by atomic mass is 10.1. The summed E-state index contributed by atoms with van der Waals surface area (Å²) in [6, 6.07) is 20.8. The lowest BCUT2D eigenvalue weighted by molar-refractivity contribution is 0.395. The van der Waals surface area contributed by atoms with E-state index in [-0.39, 0.29) is 0 Å². The number of methoxy groups -OCH3 is 4. The van der Waals surface area contributed by atoms with E-state index in [2.05, 4.69) is 0 Å². The Morgan fingerprint density at radius 1 is 0.500 bits per heavy atom. The summed E-state index contributed by atoms with van der Waals surface area (Å²) >= 11 is 0. The van der Waals surface area contributed by atoms with Crippen LogP contribution in [0.1, 0.15) is 0 Å². The van der Waals surface area contributed by atoms with Crippen LogP contribution in [-0.2, 0) is 0 Å². The van der Waals surface area contributed by atoms with Gasteiger partial charge in [-0.15, -0.1) is 0 Å². The molecule has 0 spiro atoms. The molecule has 0 aliphatic carbocycles. The van der Waals surface area contributed by atoms with Gasteiger partial charge in [-0.3, -0.25) is 0 Å². The molecule has 0 aliphatic heterocycles. The Labute approximate surface area is 186 Å². The number of hydrogen-bond donors (Lipinski definition) is 0. The zero-order valence-electron chi connectivity index (χ0n) is 18.3. The molecule has 3 aromatic carbocycles. The number of hydrogen-bond acceptors (Lipinski definition) is 7. The summed E-state index contributed by atoms with van der Waals surface area (Å²) in [7, 11) is 6.42. The molecule has 0 N–H and O–H groups in total. The van der Waals surface area contributed by atoms with E-state index < -0.39 is 0 Å². The van der Waals surface area contributed by atoms with Crippen LogP contribution < -0.4 is 18.9 Å². The van der Waals surface area contributed by atoms with Crippen LogP contribution in [0.2, 0.25) is 0 Å². The van der Waals surface area contributed by atoms with Gasteiger partial charge in [0, 0.05) is 17.7 Å². The van der Waals surface area contributed by atoms with Crippen molar-refractivity contribution < 1.29 is 18.9 Å². The molecule has 162 valence electrons.